The van der Waals surface area contributed by atoms with Crippen LogP contribution in [0.5, 0.6) is 5.75 Å². The highest BCUT2D eigenvalue weighted by Crippen LogP contribution is 2.24. The van der Waals surface area contributed by atoms with Crippen LogP contribution in [-0.2, 0) is 4.79 Å². The fourth-order valence-corrected chi connectivity index (χ4v) is 3.65. The lowest BCUT2D eigenvalue weighted by Gasteiger charge is -2.35. The van der Waals surface area contributed by atoms with Gasteiger partial charge < -0.3 is 19.5 Å². The standard InChI is InChI=1S/C24H30N6O3/c1-4-32-20-7-5-19(6-8-20)26-22(31)16-29-11-13-30(14-12-29)21-15-18(9-10-25-21)24-27-23(17(2)3)28-33-24/h5-10,15,17H,4,11-14,16H2,1-3H3,(H,26,31). The molecule has 1 aliphatic rings. The third kappa shape index (κ3) is 5.87. The Balaban J connectivity index is 1.29. The van der Waals surface area contributed by atoms with Gasteiger partial charge in [-0.05, 0) is 43.3 Å². The number of pyridine rings is 1. The van der Waals surface area contributed by atoms with Crippen molar-refractivity contribution in [1.29, 1.82) is 0 Å². The summed E-state index contributed by atoms with van der Waals surface area (Å²) in [5, 5.41) is 6.99. The number of rotatable bonds is 8. The van der Waals surface area contributed by atoms with Crippen molar-refractivity contribution >= 4 is 17.4 Å². The molecule has 9 heteroatoms. The number of anilines is 2. The quantitative estimate of drug-likeness (QED) is 0.558. The number of hydrogen-bond donors (Lipinski definition) is 1. The maximum absolute atomic E-state index is 12.5. The van der Waals surface area contributed by atoms with E-state index in [9.17, 15) is 4.79 Å². The van der Waals surface area contributed by atoms with Crippen LogP contribution in [0.1, 0.15) is 32.5 Å². The second kappa shape index (κ2) is 10.4. The fourth-order valence-electron chi connectivity index (χ4n) is 3.65. The number of amides is 1. The van der Waals surface area contributed by atoms with Crippen LogP contribution in [0.25, 0.3) is 11.5 Å². The summed E-state index contributed by atoms with van der Waals surface area (Å²) >= 11 is 0. The Labute approximate surface area is 193 Å². The van der Waals surface area contributed by atoms with Crippen molar-refractivity contribution in [2.45, 2.75) is 26.7 Å². The summed E-state index contributed by atoms with van der Waals surface area (Å²) in [6.07, 6.45) is 1.76. The largest absolute Gasteiger partial charge is 0.494 e. The third-order valence-corrected chi connectivity index (χ3v) is 5.46. The van der Waals surface area contributed by atoms with Gasteiger partial charge in [0.2, 0.25) is 5.91 Å². The van der Waals surface area contributed by atoms with Gasteiger partial charge in [0.15, 0.2) is 5.82 Å². The second-order valence-electron chi connectivity index (χ2n) is 8.28. The van der Waals surface area contributed by atoms with Gasteiger partial charge in [0, 0.05) is 49.5 Å². The minimum Gasteiger partial charge on any atom is -0.494 e. The zero-order valence-corrected chi connectivity index (χ0v) is 19.3. The lowest BCUT2D eigenvalue weighted by molar-refractivity contribution is -0.117. The number of piperazine rings is 1. The van der Waals surface area contributed by atoms with E-state index in [4.69, 9.17) is 9.26 Å². The van der Waals surface area contributed by atoms with E-state index in [1.807, 2.05) is 57.2 Å². The Kier molecular flexibility index (Phi) is 7.19. The van der Waals surface area contributed by atoms with Gasteiger partial charge in [-0.25, -0.2) is 4.98 Å². The molecule has 0 saturated carbocycles. The molecule has 0 unspecified atom stereocenters. The number of carbonyl (C=O) groups excluding carboxylic acids is 1. The van der Waals surface area contributed by atoms with Crippen LogP contribution in [0.2, 0.25) is 0 Å². The molecule has 174 valence electrons. The Morgan fingerprint density at radius 3 is 2.58 bits per heavy atom. The van der Waals surface area contributed by atoms with Crippen LogP contribution in [0.15, 0.2) is 47.1 Å². The highest BCUT2D eigenvalue weighted by atomic mass is 16.5. The summed E-state index contributed by atoms with van der Waals surface area (Å²) in [4.78, 5) is 25.8. The van der Waals surface area contributed by atoms with E-state index in [1.54, 1.807) is 6.20 Å². The van der Waals surface area contributed by atoms with Crippen LogP contribution in [-0.4, -0.2) is 65.3 Å². The second-order valence-corrected chi connectivity index (χ2v) is 8.28. The zero-order valence-electron chi connectivity index (χ0n) is 19.3. The average Bonchev–Trinajstić information content (AvgIpc) is 3.32. The van der Waals surface area contributed by atoms with Crippen molar-refractivity contribution in [2.24, 2.45) is 0 Å². The molecule has 9 nitrogen and oxygen atoms in total. The average molecular weight is 451 g/mol. The van der Waals surface area contributed by atoms with E-state index in [-0.39, 0.29) is 11.8 Å². The molecule has 0 bridgehead atoms. The molecule has 1 N–H and O–H groups in total. The summed E-state index contributed by atoms with van der Waals surface area (Å²) in [6, 6.07) is 11.3. The van der Waals surface area contributed by atoms with Crippen LogP contribution in [0.4, 0.5) is 11.5 Å². The predicted molar refractivity (Wildman–Crippen MR) is 127 cm³/mol. The zero-order chi connectivity index (χ0) is 23.2. The van der Waals surface area contributed by atoms with Crippen molar-refractivity contribution in [2.75, 3.05) is 49.5 Å². The van der Waals surface area contributed by atoms with Gasteiger partial charge in [-0.1, -0.05) is 19.0 Å². The normalized spacial score (nSPS) is 14.5. The van der Waals surface area contributed by atoms with Gasteiger partial charge in [-0.2, -0.15) is 4.98 Å². The van der Waals surface area contributed by atoms with Gasteiger partial charge in [0.1, 0.15) is 11.6 Å². The van der Waals surface area contributed by atoms with Crippen molar-refractivity contribution in [1.82, 2.24) is 20.0 Å². The van der Waals surface area contributed by atoms with E-state index < -0.39 is 0 Å². The van der Waals surface area contributed by atoms with Crippen molar-refractivity contribution < 1.29 is 14.1 Å². The summed E-state index contributed by atoms with van der Waals surface area (Å²) in [5.41, 5.74) is 1.63. The molecule has 3 aromatic rings. The lowest BCUT2D eigenvalue weighted by atomic mass is 10.2. The van der Waals surface area contributed by atoms with Crippen LogP contribution in [0, 0.1) is 0 Å². The molecule has 3 heterocycles. The number of nitrogens with zero attached hydrogens (tertiary/aromatic N) is 5. The topological polar surface area (TPSA) is 96.6 Å². The Morgan fingerprint density at radius 1 is 1.15 bits per heavy atom. The maximum atomic E-state index is 12.5. The maximum Gasteiger partial charge on any atom is 0.258 e. The molecule has 1 saturated heterocycles. The van der Waals surface area contributed by atoms with E-state index in [2.05, 4.69) is 30.2 Å². The van der Waals surface area contributed by atoms with Crippen molar-refractivity contribution in [3.8, 4) is 17.2 Å². The summed E-state index contributed by atoms with van der Waals surface area (Å²) in [6.45, 7) is 10.1. The molecule has 0 radical (unpaired) electrons. The highest BCUT2D eigenvalue weighted by Gasteiger charge is 2.21. The first kappa shape index (κ1) is 22.7. The number of nitrogens with one attached hydrogen (secondary N) is 1. The van der Waals surface area contributed by atoms with E-state index in [1.165, 1.54) is 0 Å². The number of benzene rings is 1. The first-order valence-corrected chi connectivity index (χ1v) is 11.3. The minimum atomic E-state index is -0.0231. The van der Waals surface area contributed by atoms with Gasteiger partial charge in [0.05, 0.1) is 13.2 Å². The summed E-state index contributed by atoms with van der Waals surface area (Å²) in [7, 11) is 0. The van der Waals surface area contributed by atoms with Crippen molar-refractivity contribution in [3.05, 3.63) is 48.4 Å². The van der Waals surface area contributed by atoms with Crippen LogP contribution in [0.3, 0.4) is 0 Å². The third-order valence-electron chi connectivity index (χ3n) is 5.46. The molecule has 1 amide bonds. The van der Waals surface area contributed by atoms with Gasteiger partial charge in [-0.15, -0.1) is 0 Å². The van der Waals surface area contributed by atoms with E-state index in [0.717, 1.165) is 49.0 Å². The molecular weight excluding hydrogens is 420 g/mol. The molecule has 0 aliphatic carbocycles. The Morgan fingerprint density at radius 2 is 1.91 bits per heavy atom. The molecule has 4 rings (SSSR count). The smallest absolute Gasteiger partial charge is 0.258 e. The first-order valence-electron chi connectivity index (χ1n) is 11.3. The minimum absolute atomic E-state index is 0.0231. The Hall–Kier alpha value is -3.46. The lowest BCUT2D eigenvalue weighted by Crippen LogP contribution is -2.48. The Bertz CT molecular complexity index is 1060. The van der Waals surface area contributed by atoms with Crippen LogP contribution >= 0.6 is 0 Å². The molecule has 1 fully saturated rings. The molecule has 0 spiro atoms. The molecule has 33 heavy (non-hydrogen) atoms. The molecule has 1 aromatic carbocycles. The van der Waals surface area contributed by atoms with Crippen LogP contribution < -0.4 is 15.0 Å². The van der Waals surface area contributed by atoms with Gasteiger partial charge in [-0.3, -0.25) is 9.69 Å². The van der Waals surface area contributed by atoms with Gasteiger partial charge in [0.25, 0.3) is 5.89 Å². The first-order chi connectivity index (χ1) is 16.0. The number of aromatic nitrogens is 3. The molecule has 1 aliphatic heterocycles. The molecular formula is C24H30N6O3. The van der Waals surface area contributed by atoms with E-state index in [0.29, 0.717) is 24.9 Å². The summed E-state index contributed by atoms with van der Waals surface area (Å²) < 4.78 is 10.8. The number of ether oxygens (including phenoxy) is 1. The number of hydrogen-bond acceptors (Lipinski definition) is 8. The molecule has 0 atom stereocenters. The monoisotopic (exact) mass is 450 g/mol. The van der Waals surface area contributed by atoms with E-state index >= 15 is 0 Å². The summed E-state index contributed by atoms with van der Waals surface area (Å²) in [5.74, 6) is 3.06. The number of carbonyl (C=O) groups is 1. The van der Waals surface area contributed by atoms with Crippen molar-refractivity contribution in [3.63, 3.8) is 0 Å². The highest BCUT2D eigenvalue weighted by molar-refractivity contribution is 5.92. The SMILES string of the molecule is CCOc1ccc(NC(=O)CN2CCN(c3cc(-c4nc(C(C)C)no4)ccn3)CC2)cc1. The molecule has 2 aromatic heterocycles. The predicted octanol–water partition coefficient (Wildman–Crippen LogP) is 3.41. The fraction of sp³-hybridized carbons (Fsp3) is 0.417. The van der Waals surface area contributed by atoms with Gasteiger partial charge >= 0.3 is 0 Å².